The van der Waals surface area contributed by atoms with Gasteiger partial charge in [-0.15, -0.1) is 46.7 Å². The summed E-state index contributed by atoms with van der Waals surface area (Å²) >= 11 is 0. The fraction of sp³-hybridized carbons (Fsp3) is 0.310. The third kappa shape index (κ3) is 13.6. The van der Waals surface area contributed by atoms with Gasteiger partial charge in [0.1, 0.15) is 5.59 Å². The number of hydrogen-bond acceptors (Lipinski definition) is 1. The number of nitroso groups, excluding NO2 is 1. The maximum Gasteiger partial charge on any atom is 0.120 e. The SMILES string of the molecule is C(#Cc1ccccc1)c1[c-]cccc1.C[C]1[C](C)[C](C)[C](C)[C]1C.[CH2-]C(C)(C)C.[N]=O.[W]. The summed E-state index contributed by atoms with van der Waals surface area (Å²) in [4.78, 5) is 7.25. The average Bonchev–Trinajstić information content (AvgIpc) is 2.92. The Balaban J connectivity index is 0. The Bertz CT molecular complexity index is 679. The minimum atomic E-state index is 0. The molecule has 0 atom stereocenters. The summed E-state index contributed by atoms with van der Waals surface area (Å²) in [5, 5.41) is 0. The van der Waals surface area contributed by atoms with Crippen molar-refractivity contribution >= 4 is 0 Å². The van der Waals surface area contributed by atoms with Gasteiger partial charge in [0.2, 0.25) is 0 Å². The predicted molar refractivity (Wildman–Crippen MR) is 133 cm³/mol. The zero-order valence-corrected chi connectivity index (χ0v) is 23.6. The van der Waals surface area contributed by atoms with Crippen molar-refractivity contribution in [3.05, 3.63) is 113 Å². The molecule has 170 valence electrons. The van der Waals surface area contributed by atoms with Crippen LogP contribution in [0.2, 0.25) is 0 Å². The van der Waals surface area contributed by atoms with E-state index in [1.807, 2.05) is 54.6 Å². The fourth-order valence-corrected chi connectivity index (χ4v) is 2.54. The molecule has 2 aromatic rings. The molecular weight excluding hydrogens is 562 g/mol. The molecule has 0 N–H and O–H groups in total. The molecule has 0 aromatic heterocycles. The Kier molecular flexibility index (Phi) is 17.1. The summed E-state index contributed by atoms with van der Waals surface area (Å²) in [5.41, 5.74) is 7.96. The second-order valence-corrected chi connectivity index (χ2v) is 8.58. The van der Waals surface area contributed by atoms with Crippen LogP contribution in [0.3, 0.4) is 0 Å². The topological polar surface area (TPSA) is 39.4 Å². The van der Waals surface area contributed by atoms with Gasteiger partial charge in [-0.25, -0.2) is 0 Å². The van der Waals surface area contributed by atoms with Crippen LogP contribution in [-0.2, 0) is 21.1 Å². The standard InChI is InChI=1S/C14H9.C10H15.C5H11.NO.W/c1-3-7-13(8-4-1)11-12-14-9-5-2-6-10-14;1-6-7(2)9(4)10(5)8(6)3;1-5(2,3)4;1-2;/h1-9H;1-5H3;1H2,2-4H3;;/q-1;;-1;;. The first kappa shape index (κ1) is 32.5. The third-order valence-electron chi connectivity index (χ3n) is 4.64. The summed E-state index contributed by atoms with van der Waals surface area (Å²) < 4.78 is 0. The molecule has 2 aromatic carbocycles. The monoisotopic (exact) mass is 597 g/mol. The Morgan fingerprint density at radius 3 is 1.44 bits per heavy atom. The van der Waals surface area contributed by atoms with Crippen LogP contribution in [0.5, 0.6) is 0 Å². The van der Waals surface area contributed by atoms with Gasteiger partial charge in [-0.05, 0) is 41.7 Å². The zero-order chi connectivity index (χ0) is 24.0. The first-order valence-electron chi connectivity index (χ1n) is 10.3. The second-order valence-electron chi connectivity index (χ2n) is 8.58. The van der Waals surface area contributed by atoms with Crippen LogP contribution in [-0.4, -0.2) is 0 Å². The first-order valence-corrected chi connectivity index (χ1v) is 10.3. The van der Waals surface area contributed by atoms with E-state index in [0.29, 0.717) is 0 Å². The van der Waals surface area contributed by atoms with Crippen molar-refractivity contribution in [2.24, 2.45) is 5.41 Å². The summed E-state index contributed by atoms with van der Waals surface area (Å²) in [7, 11) is 0. The van der Waals surface area contributed by atoms with Gasteiger partial charge in [-0.2, -0.15) is 11.3 Å². The molecule has 0 amide bonds. The van der Waals surface area contributed by atoms with Gasteiger partial charge in [0, 0.05) is 26.6 Å². The average molecular weight is 597 g/mol. The van der Waals surface area contributed by atoms with Crippen molar-refractivity contribution in [2.45, 2.75) is 55.4 Å². The summed E-state index contributed by atoms with van der Waals surface area (Å²) in [6, 6.07) is 20.7. The third-order valence-corrected chi connectivity index (χ3v) is 4.64. The molecule has 0 spiro atoms. The molecule has 0 unspecified atom stereocenters. The largest absolute Gasteiger partial charge is 0.338 e. The Morgan fingerprint density at radius 2 is 1.09 bits per heavy atom. The molecule has 1 saturated carbocycles. The van der Waals surface area contributed by atoms with Gasteiger partial charge < -0.3 is 6.92 Å². The van der Waals surface area contributed by atoms with Crippen LogP contribution >= 0.6 is 0 Å². The van der Waals surface area contributed by atoms with Crippen molar-refractivity contribution in [2.75, 3.05) is 0 Å². The van der Waals surface area contributed by atoms with E-state index in [-0.39, 0.29) is 26.5 Å². The zero-order valence-electron chi connectivity index (χ0n) is 20.7. The van der Waals surface area contributed by atoms with Crippen LogP contribution in [0.25, 0.3) is 0 Å². The maximum atomic E-state index is 7.25. The Morgan fingerprint density at radius 1 is 0.719 bits per heavy atom. The van der Waals surface area contributed by atoms with Crippen molar-refractivity contribution in [3.63, 3.8) is 0 Å². The molecule has 1 fully saturated rings. The molecule has 1 aliphatic carbocycles. The fourth-order valence-electron chi connectivity index (χ4n) is 2.54. The van der Waals surface area contributed by atoms with Crippen LogP contribution in [0, 0.1) is 64.7 Å². The minimum Gasteiger partial charge on any atom is -0.338 e. The summed E-state index contributed by atoms with van der Waals surface area (Å²) in [6.45, 7) is 21.0. The van der Waals surface area contributed by atoms with Gasteiger partial charge in [0.15, 0.2) is 0 Å². The van der Waals surface area contributed by atoms with E-state index in [4.69, 9.17) is 10.5 Å². The van der Waals surface area contributed by atoms with E-state index < -0.39 is 0 Å². The van der Waals surface area contributed by atoms with Crippen LogP contribution in [0.15, 0.2) is 54.6 Å². The molecule has 2 nitrogen and oxygen atoms in total. The summed E-state index contributed by atoms with van der Waals surface area (Å²) in [6.07, 6.45) is 0. The van der Waals surface area contributed by atoms with E-state index >= 15 is 0 Å². The quantitative estimate of drug-likeness (QED) is 0.233. The molecule has 0 saturated heterocycles. The molecule has 1 aliphatic rings. The molecule has 0 heterocycles. The van der Waals surface area contributed by atoms with E-state index in [9.17, 15) is 0 Å². The molecule has 6 radical (unpaired) electrons. The minimum absolute atomic E-state index is 0. The van der Waals surface area contributed by atoms with E-state index in [1.54, 1.807) is 0 Å². The van der Waals surface area contributed by atoms with Crippen molar-refractivity contribution < 1.29 is 21.1 Å². The summed E-state index contributed by atoms with van der Waals surface area (Å²) in [5.74, 6) is 13.5. The molecule has 0 bridgehead atoms. The normalized spacial score (nSPS) is 14.8. The molecule has 3 rings (SSSR count). The first-order chi connectivity index (χ1) is 14.5. The number of nitrogens with zero attached hydrogens (tertiary/aromatic N) is 1. The Labute approximate surface area is 212 Å². The van der Waals surface area contributed by atoms with Crippen molar-refractivity contribution in [3.8, 4) is 11.8 Å². The number of benzene rings is 2. The van der Waals surface area contributed by atoms with E-state index in [1.165, 1.54) is 29.6 Å². The van der Waals surface area contributed by atoms with Gasteiger partial charge in [0.05, 0.1) is 0 Å². The molecule has 32 heavy (non-hydrogen) atoms. The van der Waals surface area contributed by atoms with Gasteiger partial charge in [0.25, 0.3) is 0 Å². The van der Waals surface area contributed by atoms with E-state index in [2.05, 4.69) is 80.2 Å². The van der Waals surface area contributed by atoms with E-state index in [0.717, 1.165) is 11.1 Å². The maximum absolute atomic E-state index is 7.25. The number of hydrogen-bond donors (Lipinski definition) is 0. The second kappa shape index (κ2) is 16.9. The predicted octanol–water partition coefficient (Wildman–Crippen LogP) is 7.28. The van der Waals surface area contributed by atoms with Crippen molar-refractivity contribution in [1.29, 1.82) is 0 Å². The van der Waals surface area contributed by atoms with Gasteiger partial charge >= 0.3 is 0 Å². The van der Waals surface area contributed by atoms with Crippen LogP contribution in [0.4, 0.5) is 0 Å². The van der Waals surface area contributed by atoms with Gasteiger partial charge in [-0.3, -0.25) is 0 Å². The molecular formula is C29H35NOW-2. The molecule has 3 heteroatoms. The van der Waals surface area contributed by atoms with Crippen LogP contribution in [0.1, 0.15) is 66.5 Å². The smallest absolute Gasteiger partial charge is 0.120 e. The van der Waals surface area contributed by atoms with Crippen LogP contribution < -0.4 is 5.59 Å². The molecule has 0 aliphatic heterocycles. The van der Waals surface area contributed by atoms with Gasteiger partial charge in [-0.1, -0.05) is 73.6 Å². The van der Waals surface area contributed by atoms with Crippen molar-refractivity contribution in [1.82, 2.24) is 5.59 Å². The Hall–Kier alpha value is -1.71. The number of rotatable bonds is 0.